The molecule has 5 nitrogen and oxygen atoms in total. The molecule has 0 radical (unpaired) electrons. The Kier molecular flexibility index (Phi) is 3.37. The predicted molar refractivity (Wildman–Crippen MR) is 67.8 cm³/mol. The number of hydrogen-bond acceptors (Lipinski definition) is 6. The van der Waals surface area contributed by atoms with Crippen molar-refractivity contribution in [2.45, 2.75) is 4.90 Å². The van der Waals surface area contributed by atoms with Crippen LogP contribution in [0.3, 0.4) is 0 Å². The van der Waals surface area contributed by atoms with Gasteiger partial charge < -0.3 is 5.26 Å². The number of carbonyl (C=O) groups excluding carboxylic acids is 2. The van der Waals surface area contributed by atoms with E-state index in [0.717, 1.165) is 0 Å². The SMILES string of the molecule is O=C1c2ccccc2C(=O)c2c(SOO[O-])cccc21. The monoisotopic (exact) mass is 287 g/mol. The van der Waals surface area contributed by atoms with Crippen molar-refractivity contribution in [1.82, 2.24) is 0 Å². The second kappa shape index (κ2) is 5.18. The first-order valence-corrected chi connectivity index (χ1v) is 6.43. The van der Waals surface area contributed by atoms with Gasteiger partial charge in [-0.05, 0) is 6.07 Å². The van der Waals surface area contributed by atoms with Crippen molar-refractivity contribution in [3.05, 3.63) is 64.7 Å². The number of fused-ring (bicyclic) bond motifs is 2. The molecule has 0 bridgehead atoms. The van der Waals surface area contributed by atoms with E-state index in [9.17, 15) is 14.8 Å². The molecule has 1 aliphatic rings. The topological polar surface area (TPSA) is 75.7 Å². The Bertz CT molecular complexity index is 710. The van der Waals surface area contributed by atoms with Gasteiger partial charge in [0.1, 0.15) is 0 Å². The smallest absolute Gasteiger partial charge is 0.195 e. The Labute approximate surface area is 118 Å². The molecule has 0 saturated heterocycles. The minimum absolute atomic E-state index is 0.222. The highest BCUT2D eigenvalue weighted by Gasteiger charge is 2.31. The summed E-state index contributed by atoms with van der Waals surface area (Å²) in [7, 11) is 0. The molecule has 0 unspecified atom stereocenters. The van der Waals surface area contributed by atoms with Crippen LogP contribution < -0.4 is 5.26 Å². The van der Waals surface area contributed by atoms with Crippen LogP contribution in [0.4, 0.5) is 0 Å². The summed E-state index contributed by atoms with van der Waals surface area (Å²) in [6.45, 7) is 0. The Morgan fingerprint density at radius 1 is 0.850 bits per heavy atom. The lowest BCUT2D eigenvalue weighted by Gasteiger charge is -2.19. The number of hydrogen-bond donors (Lipinski definition) is 0. The molecular formula is C14H7O5S-. The van der Waals surface area contributed by atoms with E-state index in [0.29, 0.717) is 33.6 Å². The average molecular weight is 287 g/mol. The second-order valence-corrected chi connectivity index (χ2v) is 4.84. The number of ketones is 2. The van der Waals surface area contributed by atoms with Crippen LogP contribution in [0.5, 0.6) is 0 Å². The van der Waals surface area contributed by atoms with E-state index in [1.54, 1.807) is 42.5 Å². The van der Waals surface area contributed by atoms with E-state index in [1.807, 2.05) is 0 Å². The van der Waals surface area contributed by atoms with Gasteiger partial charge in [-0.1, -0.05) is 36.4 Å². The van der Waals surface area contributed by atoms with Crippen molar-refractivity contribution in [3.63, 3.8) is 0 Å². The largest absolute Gasteiger partial charge is 0.691 e. The van der Waals surface area contributed by atoms with Gasteiger partial charge in [0.15, 0.2) is 11.6 Å². The number of rotatable bonds is 3. The summed E-state index contributed by atoms with van der Waals surface area (Å²) >= 11 is 0.608. The molecule has 1 aliphatic carbocycles. The Balaban J connectivity index is 2.18. The molecule has 100 valence electrons. The van der Waals surface area contributed by atoms with Crippen molar-refractivity contribution in [3.8, 4) is 0 Å². The van der Waals surface area contributed by atoms with Crippen LogP contribution in [0.2, 0.25) is 0 Å². The number of benzene rings is 2. The summed E-state index contributed by atoms with van der Waals surface area (Å²) in [6.07, 6.45) is 0. The number of carbonyl (C=O) groups is 2. The first kappa shape index (κ1) is 13.0. The van der Waals surface area contributed by atoms with Gasteiger partial charge in [-0.25, -0.2) is 0 Å². The molecule has 0 fully saturated rings. The van der Waals surface area contributed by atoms with Crippen LogP contribution >= 0.6 is 12.0 Å². The van der Waals surface area contributed by atoms with Crippen molar-refractivity contribution in [2.75, 3.05) is 0 Å². The maximum atomic E-state index is 12.5. The van der Waals surface area contributed by atoms with Gasteiger partial charge in [0, 0.05) is 22.3 Å². The Morgan fingerprint density at radius 3 is 2.20 bits per heavy atom. The van der Waals surface area contributed by atoms with Crippen LogP contribution in [0.25, 0.3) is 0 Å². The molecule has 20 heavy (non-hydrogen) atoms. The molecule has 0 heterocycles. The molecule has 0 aromatic heterocycles. The van der Waals surface area contributed by atoms with Gasteiger partial charge in [-0.2, -0.15) is 4.33 Å². The van der Waals surface area contributed by atoms with E-state index in [-0.39, 0.29) is 17.1 Å². The van der Waals surface area contributed by atoms with Gasteiger partial charge in [0.25, 0.3) is 0 Å². The van der Waals surface area contributed by atoms with E-state index >= 15 is 0 Å². The molecule has 0 spiro atoms. The molecule has 2 aromatic carbocycles. The zero-order chi connectivity index (χ0) is 14.1. The summed E-state index contributed by atoms with van der Waals surface area (Å²) in [4.78, 5) is 25.2. The summed E-state index contributed by atoms with van der Waals surface area (Å²) in [5.74, 6) is -0.492. The molecule has 0 amide bonds. The molecule has 0 atom stereocenters. The van der Waals surface area contributed by atoms with Crippen LogP contribution in [-0.2, 0) is 9.37 Å². The van der Waals surface area contributed by atoms with Crippen LogP contribution in [0.1, 0.15) is 31.8 Å². The summed E-state index contributed by atoms with van der Waals surface area (Å²) in [5.41, 5.74) is 1.26. The molecule has 0 aliphatic heterocycles. The lowest BCUT2D eigenvalue weighted by atomic mass is 9.84. The molecule has 6 heteroatoms. The lowest BCUT2D eigenvalue weighted by molar-refractivity contribution is -0.777. The van der Waals surface area contributed by atoms with E-state index in [1.165, 1.54) is 0 Å². The molecule has 0 N–H and O–H groups in total. The lowest BCUT2D eigenvalue weighted by Crippen LogP contribution is -2.21. The average Bonchev–Trinajstić information content (AvgIpc) is 2.50. The Morgan fingerprint density at radius 2 is 1.50 bits per heavy atom. The highest BCUT2D eigenvalue weighted by atomic mass is 32.2. The highest BCUT2D eigenvalue weighted by Crippen LogP contribution is 2.34. The molecular weight excluding hydrogens is 280 g/mol. The third kappa shape index (κ3) is 1.95. The minimum Gasteiger partial charge on any atom is -0.691 e. The predicted octanol–water partition coefficient (Wildman–Crippen LogP) is 1.69. The van der Waals surface area contributed by atoms with Crippen LogP contribution in [0, 0.1) is 0 Å². The third-order valence-corrected chi connectivity index (χ3v) is 3.71. The molecule has 3 rings (SSSR count). The van der Waals surface area contributed by atoms with Crippen LogP contribution in [0.15, 0.2) is 47.4 Å². The quantitative estimate of drug-likeness (QED) is 0.414. The van der Waals surface area contributed by atoms with E-state index < -0.39 is 0 Å². The summed E-state index contributed by atoms with van der Waals surface area (Å²) < 4.78 is 4.25. The summed E-state index contributed by atoms with van der Waals surface area (Å²) in [6, 6.07) is 11.4. The normalized spacial score (nSPS) is 13.1. The van der Waals surface area contributed by atoms with Gasteiger partial charge in [-0.15, -0.1) is 0 Å². The van der Waals surface area contributed by atoms with Gasteiger partial charge >= 0.3 is 0 Å². The first-order chi connectivity index (χ1) is 9.74. The van der Waals surface area contributed by atoms with E-state index in [2.05, 4.69) is 9.37 Å². The fraction of sp³-hybridized carbons (Fsp3) is 0. The Hall–Kier alpha value is -1.99. The second-order valence-electron chi connectivity index (χ2n) is 4.10. The third-order valence-electron chi connectivity index (χ3n) is 3.07. The van der Waals surface area contributed by atoms with Crippen molar-refractivity contribution in [1.29, 1.82) is 0 Å². The van der Waals surface area contributed by atoms with Crippen molar-refractivity contribution in [2.24, 2.45) is 0 Å². The zero-order valence-corrected chi connectivity index (χ0v) is 10.8. The van der Waals surface area contributed by atoms with Gasteiger partial charge in [0.05, 0.1) is 16.9 Å². The first-order valence-electron chi connectivity index (χ1n) is 5.68. The van der Waals surface area contributed by atoms with Crippen LogP contribution in [-0.4, -0.2) is 11.6 Å². The maximum absolute atomic E-state index is 12.5. The van der Waals surface area contributed by atoms with Crippen molar-refractivity contribution >= 4 is 23.6 Å². The van der Waals surface area contributed by atoms with Crippen molar-refractivity contribution < 1.29 is 24.2 Å². The van der Waals surface area contributed by atoms with Gasteiger partial charge in [0.2, 0.25) is 0 Å². The molecule has 2 aromatic rings. The van der Waals surface area contributed by atoms with Gasteiger partial charge in [-0.3, -0.25) is 14.6 Å². The fourth-order valence-electron chi connectivity index (χ4n) is 2.23. The standard InChI is InChI=1S/C14H8O5S/c15-13-8-4-1-2-5-9(8)14(16)12-10(13)6-3-7-11(12)20-19-18-17/h1-7,17H/p-1. The zero-order valence-electron chi connectivity index (χ0n) is 9.99. The fourth-order valence-corrected chi connectivity index (χ4v) is 2.75. The molecule has 0 saturated carbocycles. The minimum atomic E-state index is -0.271. The highest BCUT2D eigenvalue weighted by molar-refractivity contribution is 7.94. The van der Waals surface area contributed by atoms with E-state index in [4.69, 9.17) is 0 Å². The summed E-state index contributed by atoms with van der Waals surface area (Å²) in [5, 5.41) is 13.2. The maximum Gasteiger partial charge on any atom is 0.195 e.